The lowest BCUT2D eigenvalue weighted by atomic mass is 10.0. The van der Waals surface area contributed by atoms with Crippen molar-refractivity contribution in [1.29, 1.82) is 0 Å². The molecule has 1 aromatic carbocycles. The van der Waals surface area contributed by atoms with Gasteiger partial charge >= 0.3 is 0 Å². The van der Waals surface area contributed by atoms with E-state index in [2.05, 4.69) is 0 Å². The van der Waals surface area contributed by atoms with Crippen LogP contribution in [0.4, 0.5) is 0 Å². The third-order valence-electron chi connectivity index (χ3n) is 2.58. The second-order valence-corrected chi connectivity index (χ2v) is 3.46. The Morgan fingerprint density at radius 2 is 1.50 bits per heavy atom. The summed E-state index contributed by atoms with van der Waals surface area (Å²) in [5.41, 5.74) is 6.94. The van der Waals surface area contributed by atoms with Crippen LogP contribution in [0.3, 0.4) is 0 Å². The Morgan fingerprint density at radius 1 is 1.00 bits per heavy atom. The maximum absolute atomic E-state index is 6.01. The van der Waals surface area contributed by atoms with Gasteiger partial charge in [-0.25, -0.2) is 0 Å². The van der Waals surface area contributed by atoms with Crippen LogP contribution < -0.4 is 19.9 Å². The van der Waals surface area contributed by atoms with E-state index in [-0.39, 0.29) is 6.04 Å². The van der Waals surface area contributed by atoms with Gasteiger partial charge in [-0.3, -0.25) is 0 Å². The molecular formula is C12H19NO3. The molecule has 2 N–H and O–H groups in total. The Kier molecular flexibility index (Phi) is 4.43. The Bertz CT molecular complexity index is 352. The highest BCUT2D eigenvalue weighted by Crippen LogP contribution is 2.37. The van der Waals surface area contributed by atoms with Crippen molar-refractivity contribution >= 4 is 0 Å². The standard InChI is InChI=1S/C12H19NO3/c1-5-9(13)8-6-11(15-3)12(16-4)7-10(8)14-2/h6-7,9H,5,13H2,1-4H3/t9-/m1/s1. The van der Waals surface area contributed by atoms with Crippen molar-refractivity contribution in [3.63, 3.8) is 0 Å². The zero-order chi connectivity index (χ0) is 12.1. The van der Waals surface area contributed by atoms with Crippen molar-refractivity contribution in [2.45, 2.75) is 19.4 Å². The Morgan fingerprint density at radius 3 is 1.94 bits per heavy atom. The summed E-state index contributed by atoms with van der Waals surface area (Å²) < 4.78 is 15.7. The lowest BCUT2D eigenvalue weighted by Gasteiger charge is -2.17. The van der Waals surface area contributed by atoms with Crippen molar-refractivity contribution < 1.29 is 14.2 Å². The van der Waals surface area contributed by atoms with Crippen LogP contribution in [-0.4, -0.2) is 21.3 Å². The summed E-state index contributed by atoms with van der Waals surface area (Å²) in [6, 6.07) is 3.60. The molecule has 0 saturated carbocycles. The monoisotopic (exact) mass is 225 g/mol. The number of methoxy groups -OCH3 is 3. The highest BCUT2D eigenvalue weighted by molar-refractivity contribution is 5.51. The van der Waals surface area contributed by atoms with Gasteiger partial charge in [0.15, 0.2) is 11.5 Å². The van der Waals surface area contributed by atoms with E-state index in [0.717, 1.165) is 17.7 Å². The topological polar surface area (TPSA) is 53.7 Å². The molecule has 0 aliphatic rings. The molecular weight excluding hydrogens is 206 g/mol. The van der Waals surface area contributed by atoms with Crippen molar-refractivity contribution in [1.82, 2.24) is 0 Å². The van der Waals surface area contributed by atoms with Gasteiger partial charge in [0.2, 0.25) is 0 Å². The third-order valence-corrected chi connectivity index (χ3v) is 2.58. The molecule has 0 heterocycles. The number of hydrogen-bond donors (Lipinski definition) is 1. The molecule has 0 aromatic heterocycles. The summed E-state index contributed by atoms with van der Waals surface area (Å²) >= 11 is 0. The first-order valence-electron chi connectivity index (χ1n) is 5.23. The third kappa shape index (κ3) is 2.39. The summed E-state index contributed by atoms with van der Waals surface area (Å²) in [4.78, 5) is 0. The first kappa shape index (κ1) is 12.6. The van der Waals surface area contributed by atoms with Crippen molar-refractivity contribution in [3.8, 4) is 17.2 Å². The normalized spacial score (nSPS) is 12.1. The van der Waals surface area contributed by atoms with E-state index in [1.807, 2.05) is 13.0 Å². The fourth-order valence-corrected chi connectivity index (χ4v) is 1.56. The maximum Gasteiger partial charge on any atom is 0.164 e. The van der Waals surface area contributed by atoms with E-state index in [1.54, 1.807) is 27.4 Å². The van der Waals surface area contributed by atoms with Gasteiger partial charge in [0.05, 0.1) is 21.3 Å². The number of rotatable bonds is 5. The number of nitrogens with two attached hydrogens (primary N) is 1. The highest BCUT2D eigenvalue weighted by Gasteiger charge is 2.15. The minimum absolute atomic E-state index is 0.0604. The van der Waals surface area contributed by atoms with Gasteiger partial charge in [-0.15, -0.1) is 0 Å². The summed E-state index contributed by atoms with van der Waals surface area (Å²) in [6.45, 7) is 2.03. The SMILES string of the molecule is CC[C@@H](N)c1cc(OC)c(OC)cc1OC. The van der Waals surface area contributed by atoms with Crippen molar-refractivity contribution in [2.24, 2.45) is 5.73 Å². The number of ether oxygens (including phenoxy) is 3. The average Bonchev–Trinajstić information content (AvgIpc) is 2.35. The fraction of sp³-hybridized carbons (Fsp3) is 0.500. The molecule has 90 valence electrons. The van der Waals surface area contributed by atoms with E-state index in [0.29, 0.717) is 11.5 Å². The van der Waals surface area contributed by atoms with Crippen LogP contribution >= 0.6 is 0 Å². The van der Waals surface area contributed by atoms with Gasteiger partial charge < -0.3 is 19.9 Å². The van der Waals surface area contributed by atoms with Gasteiger partial charge in [0.1, 0.15) is 5.75 Å². The Hall–Kier alpha value is -1.42. The van der Waals surface area contributed by atoms with Crippen LogP contribution in [0, 0.1) is 0 Å². The molecule has 1 rings (SSSR count). The minimum atomic E-state index is -0.0604. The molecule has 4 nitrogen and oxygen atoms in total. The number of benzene rings is 1. The van der Waals surface area contributed by atoms with E-state index >= 15 is 0 Å². The minimum Gasteiger partial charge on any atom is -0.496 e. The van der Waals surface area contributed by atoms with Crippen molar-refractivity contribution in [3.05, 3.63) is 17.7 Å². The molecule has 0 aliphatic heterocycles. The van der Waals surface area contributed by atoms with Gasteiger partial charge in [0.25, 0.3) is 0 Å². The molecule has 4 heteroatoms. The Balaban J connectivity index is 3.25. The van der Waals surface area contributed by atoms with Crippen LogP contribution in [0.2, 0.25) is 0 Å². The molecule has 0 radical (unpaired) electrons. The van der Waals surface area contributed by atoms with E-state index in [9.17, 15) is 0 Å². The van der Waals surface area contributed by atoms with Gasteiger partial charge in [-0.2, -0.15) is 0 Å². The van der Waals surface area contributed by atoms with Crippen LogP contribution in [0.15, 0.2) is 12.1 Å². The second-order valence-electron chi connectivity index (χ2n) is 3.46. The van der Waals surface area contributed by atoms with Crippen LogP contribution in [-0.2, 0) is 0 Å². The van der Waals surface area contributed by atoms with Gasteiger partial charge in [0, 0.05) is 17.7 Å². The highest BCUT2D eigenvalue weighted by atomic mass is 16.5. The maximum atomic E-state index is 6.01. The molecule has 0 saturated heterocycles. The zero-order valence-electron chi connectivity index (χ0n) is 10.2. The molecule has 0 aliphatic carbocycles. The second kappa shape index (κ2) is 5.61. The van der Waals surface area contributed by atoms with E-state index in [4.69, 9.17) is 19.9 Å². The Labute approximate surface area is 96.3 Å². The summed E-state index contributed by atoms with van der Waals surface area (Å²) in [7, 11) is 4.81. The van der Waals surface area contributed by atoms with E-state index < -0.39 is 0 Å². The molecule has 16 heavy (non-hydrogen) atoms. The molecule has 0 spiro atoms. The lowest BCUT2D eigenvalue weighted by Crippen LogP contribution is -2.10. The lowest BCUT2D eigenvalue weighted by molar-refractivity contribution is 0.346. The first-order chi connectivity index (χ1) is 7.67. The molecule has 1 atom stereocenters. The van der Waals surface area contributed by atoms with E-state index in [1.165, 1.54) is 0 Å². The smallest absolute Gasteiger partial charge is 0.164 e. The largest absolute Gasteiger partial charge is 0.496 e. The van der Waals surface area contributed by atoms with Gasteiger partial charge in [-0.1, -0.05) is 6.92 Å². The molecule has 0 amide bonds. The van der Waals surface area contributed by atoms with Gasteiger partial charge in [-0.05, 0) is 12.5 Å². The van der Waals surface area contributed by atoms with Crippen molar-refractivity contribution in [2.75, 3.05) is 21.3 Å². The molecule has 0 bridgehead atoms. The van der Waals surface area contributed by atoms with Crippen LogP contribution in [0.5, 0.6) is 17.2 Å². The average molecular weight is 225 g/mol. The van der Waals surface area contributed by atoms with Crippen LogP contribution in [0.25, 0.3) is 0 Å². The predicted molar refractivity (Wildman–Crippen MR) is 63.3 cm³/mol. The quantitative estimate of drug-likeness (QED) is 0.834. The van der Waals surface area contributed by atoms with Crippen LogP contribution in [0.1, 0.15) is 24.9 Å². The molecule has 0 unspecified atom stereocenters. The summed E-state index contributed by atoms with van der Waals surface area (Å²) in [5.74, 6) is 2.04. The molecule has 1 aromatic rings. The summed E-state index contributed by atoms with van der Waals surface area (Å²) in [6.07, 6.45) is 0.839. The predicted octanol–water partition coefficient (Wildman–Crippen LogP) is 2.12. The zero-order valence-corrected chi connectivity index (χ0v) is 10.2. The fourth-order valence-electron chi connectivity index (χ4n) is 1.56. The molecule has 0 fully saturated rings. The number of hydrogen-bond acceptors (Lipinski definition) is 4. The summed E-state index contributed by atoms with van der Waals surface area (Å²) in [5, 5.41) is 0. The first-order valence-corrected chi connectivity index (χ1v) is 5.23.